The molecule has 0 spiro atoms. The van der Waals surface area contributed by atoms with Gasteiger partial charge in [0.15, 0.2) is 5.76 Å². The summed E-state index contributed by atoms with van der Waals surface area (Å²) < 4.78 is 24.2. The van der Waals surface area contributed by atoms with Crippen LogP contribution in [0.25, 0.3) is 0 Å². The largest absolute Gasteiger partial charge is 0.486 e. The summed E-state index contributed by atoms with van der Waals surface area (Å²) in [7, 11) is 0. The van der Waals surface area contributed by atoms with Crippen LogP contribution >= 0.6 is 0 Å². The van der Waals surface area contributed by atoms with Crippen molar-refractivity contribution in [3.63, 3.8) is 0 Å². The molecule has 2 N–H and O–H groups in total. The van der Waals surface area contributed by atoms with Crippen molar-refractivity contribution >= 4 is 11.8 Å². The van der Waals surface area contributed by atoms with Crippen LogP contribution in [0.2, 0.25) is 0 Å². The molecule has 0 saturated heterocycles. The Morgan fingerprint density at radius 3 is 2.59 bits per heavy atom. The molecule has 1 unspecified atom stereocenters. The van der Waals surface area contributed by atoms with Gasteiger partial charge in [0.1, 0.15) is 23.9 Å². The average molecular weight is 396 g/mol. The van der Waals surface area contributed by atoms with Gasteiger partial charge >= 0.3 is 5.91 Å². The molecule has 2 aromatic carbocycles. The second-order valence-corrected chi connectivity index (χ2v) is 6.55. The molecule has 0 radical (unpaired) electrons. The summed E-state index contributed by atoms with van der Waals surface area (Å²) in [5.41, 5.74) is 5.38. The molecule has 150 valence electrons. The molecule has 0 aliphatic heterocycles. The minimum absolute atomic E-state index is 0.0507. The molecule has 1 heterocycles. The molecule has 0 aliphatic rings. The Kier molecular flexibility index (Phi) is 6.63. The van der Waals surface area contributed by atoms with Crippen LogP contribution in [0, 0.1) is 11.7 Å². The standard InChI is InChI=1S/C22H21FN2O4/c1-15(12-16-6-5-7-17(23)13-16)21(26)24-25-22(27)20-11-10-19(29-20)14-28-18-8-3-2-4-9-18/h2-11,13,15H,12,14H2,1H3,(H,24,26)(H,25,27). The van der Waals surface area contributed by atoms with Gasteiger partial charge in [0.25, 0.3) is 0 Å². The van der Waals surface area contributed by atoms with E-state index in [0.717, 1.165) is 0 Å². The number of hydrogen-bond donors (Lipinski definition) is 2. The molecule has 1 atom stereocenters. The van der Waals surface area contributed by atoms with Crippen molar-refractivity contribution in [2.75, 3.05) is 0 Å². The SMILES string of the molecule is CC(Cc1cccc(F)c1)C(=O)NNC(=O)c1ccc(COc2ccccc2)o1. The summed E-state index contributed by atoms with van der Waals surface area (Å²) in [6.07, 6.45) is 0.348. The van der Waals surface area contributed by atoms with Crippen LogP contribution in [-0.2, 0) is 17.8 Å². The number of hydrazine groups is 1. The van der Waals surface area contributed by atoms with Crippen LogP contribution < -0.4 is 15.6 Å². The number of furan rings is 1. The number of nitrogens with one attached hydrogen (secondary N) is 2. The lowest BCUT2D eigenvalue weighted by Crippen LogP contribution is -2.44. The Morgan fingerprint density at radius 2 is 1.83 bits per heavy atom. The van der Waals surface area contributed by atoms with E-state index in [0.29, 0.717) is 23.5 Å². The smallest absolute Gasteiger partial charge is 0.305 e. The molecule has 0 bridgehead atoms. The Bertz CT molecular complexity index is 972. The van der Waals surface area contributed by atoms with Crippen LogP contribution in [0.4, 0.5) is 4.39 Å². The zero-order valence-electron chi connectivity index (χ0n) is 15.9. The zero-order valence-corrected chi connectivity index (χ0v) is 15.9. The molecule has 7 heteroatoms. The van der Waals surface area contributed by atoms with E-state index in [9.17, 15) is 14.0 Å². The molecule has 1 aromatic heterocycles. The fourth-order valence-corrected chi connectivity index (χ4v) is 2.66. The summed E-state index contributed by atoms with van der Waals surface area (Å²) >= 11 is 0. The number of rotatable bonds is 7. The number of benzene rings is 2. The van der Waals surface area contributed by atoms with Crippen LogP contribution in [0.5, 0.6) is 5.75 Å². The topological polar surface area (TPSA) is 80.6 Å². The minimum atomic E-state index is -0.581. The third kappa shape index (κ3) is 5.93. The van der Waals surface area contributed by atoms with Crippen LogP contribution in [0.3, 0.4) is 0 Å². The van der Waals surface area contributed by atoms with E-state index >= 15 is 0 Å². The first-order valence-corrected chi connectivity index (χ1v) is 9.12. The Balaban J connectivity index is 1.46. The Hall–Kier alpha value is -3.61. The summed E-state index contributed by atoms with van der Waals surface area (Å²) in [6.45, 7) is 1.87. The van der Waals surface area contributed by atoms with E-state index in [4.69, 9.17) is 9.15 Å². The van der Waals surface area contributed by atoms with Crippen molar-refractivity contribution in [1.29, 1.82) is 0 Å². The lowest BCUT2D eigenvalue weighted by Gasteiger charge is -2.12. The van der Waals surface area contributed by atoms with Crippen molar-refractivity contribution in [2.45, 2.75) is 20.0 Å². The molecule has 6 nitrogen and oxygen atoms in total. The third-order valence-corrected chi connectivity index (χ3v) is 4.19. The summed E-state index contributed by atoms with van der Waals surface area (Å²) in [5.74, 6) is -0.560. The van der Waals surface area contributed by atoms with Gasteiger partial charge in [-0.2, -0.15) is 0 Å². The number of amides is 2. The minimum Gasteiger partial charge on any atom is -0.486 e. The summed E-state index contributed by atoms with van der Waals surface area (Å²) in [4.78, 5) is 24.3. The van der Waals surface area contributed by atoms with Gasteiger partial charge in [-0.15, -0.1) is 0 Å². The molecule has 0 fully saturated rings. The van der Waals surface area contributed by atoms with Gasteiger partial charge in [-0.3, -0.25) is 20.4 Å². The highest BCUT2D eigenvalue weighted by Crippen LogP contribution is 2.14. The van der Waals surface area contributed by atoms with Crippen molar-refractivity contribution in [3.8, 4) is 5.75 Å². The van der Waals surface area contributed by atoms with Gasteiger partial charge in [-0.1, -0.05) is 37.3 Å². The van der Waals surface area contributed by atoms with E-state index in [-0.39, 0.29) is 24.1 Å². The van der Waals surface area contributed by atoms with Gasteiger partial charge in [0.05, 0.1) is 0 Å². The fraction of sp³-hybridized carbons (Fsp3) is 0.182. The number of para-hydroxylation sites is 1. The van der Waals surface area contributed by atoms with Crippen molar-refractivity contribution in [2.24, 2.45) is 5.92 Å². The fourth-order valence-electron chi connectivity index (χ4n) is 2.66. The summed E-state index contributed by atoms with van der Waals surface area (Å²) in [5, 5.41) is 0. The number of carbonyl (C=O) groups is 2. The number of carbonyl (C=O) groups excluding carboxylic acids is 2. The van der Waals surface area contributed by atoms with E-state index in [2.05, 4.69) is 10.9 Å². The van der Waals surface area contributed by atoms with Crippen molar-refractivity contribution in [1.82, 2.24) is 10.9 Å². The van der Waals surface area contributed by atoms with Gasteiger partial charge in [-0.05, 0) is 48.4 Å². The number of ether oxygens (including phenoxy) is 1. The van der Waals surface area contributed by atoms with E-state index in [1.165, 1.54) is 18.2 Å². The van der Waals surface area contributed by atoms with E-state index in [1.807, 2.05) is 30.3 Å². The predicted molar refractivity (Wildman–Crippen MR) is 104 cm³/mol. The highest BCUT2D eigenvalue weighted by Gasteiger charge is 2.17. The quantitative estimate of drug-likeness (QED) is 0.598. The first-order chi connectivity index (χ1) is 14.0. The monoisotopic (exact) mass is 396 g/mol. The van der Waals surface area contributed by atoms with E-state index < -0.39 is 11.8 Å². The molecular formula is C22H21FN2O4. The molecule has 0 saturated carbocycles. The second kappa shape index (κ2) is 9.54. The van der Waals surface area contributed by atoms with Gasteiger partial charge in [0.2, 0.25) is 5.91 Å². The maximum Gasteiger partial charge on any atom is 0.305 e. The van der Waals surface area contributed by atoms with Crippen LogP contribution in [-0.4, -0.2) is 11.8 Å². The maximum absolute atomic E-state index is 13.2. The molecular weight excluding hydrogens is 375 g/mol. The highest BCUT2D eigenvalue weighted by atomic mass is 19.1. The van der Waals surface area contributed by atoms with Gasteiger partial charge < -0.3 is 9.15 Å². The first kappa shape index (κ1) is 20.1. The van der Waals surface area contributed by atoms with Crippen molar-refractivity contribution < 1.29 is 23.1 Å². The zero-order chi connectivity index (χ0) is 20.6. The highest BCUT2D eigenvalue weighted by molar-refractivity contribution is 5.93. The van der Waals surface area contributed by atoms with Gasteiger partial charge in [0, 0.05) is 5.92 Å². The Labute approximate surface area is 167 Å². The molecule has 3 aromatic rings. The lowest BCUT2D eigenvalue weighted by atomic mass is 10.0. The molecule has 3 rings (SSSR count). The molecule has 2 amide bonds. The third-order valence-electron chi connectivity index (χ3n) is 4.19. The van der Waals surface area contributed by atoms with E-state index in [1.54, 1.807) is 25.1 Å². The predicted octanol–water partition coefficient (Wildman–Crippen LogP) is 3.64. The van der Waals surface area contributed by atoms with Crippen LogP contribution in [0.1, 0.15) is 28.8 Å². The maximum atomic E-state index is 13.2. The first-order valence-electron chi connectivity index (χ1n) is 9.12. The number of halogens is 1. The van der Waals surface area contributed by atoms with Gasteiger partial charge in [-0.25, -0.2) is 4.39 Å². The lowest BCUT2D eigenvalue weighted by molar-refractivity contribution is -0.125. The average Bonchev–Trinajstić information content (AvgIpc) is 3.20. The number of hydrogen-bond acceptors (Lipinski definition) is 4. The normalized spacial score (nSPS) is 11.5. The van der Waals surface area contributed by atoms with Crippen molar-refractivity contribution in [3.05, 3.63) is 89.6 Å². The van der Waals surface area contributed by atoms with Crippen LogP contribution in [0.15, 0.2) is 71.1 Å². The Morgan fingerprint density at radius 1 is 1.03 bits per heavy atom. The second-order valence-electron chi connectivity index (χ2n) is 6.55. The molecule has 0 aliphatic carbocycles. The molecule has 29 heavy (non-hydrogen) atoms. The summed E-state index contributed by atoms with van der Waals surface area (Å²) in [6, 6.07) is 18.4.